The van der Waals surface area contributed by atoms with Crippen molar-refractivity contribution in [2.24, 2.45) is 0 Å². The molecule has 74 valence electrons. The minimum atomic E-state index is -1.05. The average molecular weight is 195 g/mol. The molecule has 1 saturated carbocycles. The number of nitro groups is 1. The third-order valence-electron chi connectivity index (χ3n) is 2.42. The first-order valence-corrected chi connectivity index (χ1v) is 4.23. The van der Waals surface area contributed by atoms with Gasteiger partial charge in [0.15, 0.2) is 0 Å². The number of benzene rings is 1. The molecule has 0 amide bonds. The van der Waals surface area contributed by atoms with Gasteiger partial charge in [0.05, 0.1) is 10.5 Å². The van der Waals surface area contributed by atoms with Crippen molar-refractivity contribution < 1.29 is 15.1 Å². The maximum absolute atomic E-state index is 10.5. The zero-order valence-corrected chi connectivity index (χ0v) is 7.30. The van der Waals surface area contributed by atoms with Crippen LogP contribution < -0.4 is 0 Å². The molecule has 5 heteroatoms. The Bertz CT molecular complexity index is 398. The molecule has 0 aliphatic heterocycles. The van der Waals surface area contributed by atoms with Crippen molar-refractivity contribution in [1.29, 1.82) is 0 Å². The molecule has 14 heavy (non-hydrogen) atoms. The van der Waals surface area contributed by atoms with Crippen LogP contribution in [0.5, 0.6) is 5.75 Å². The molecule has 0 unspecified atom stereocenters. The lowest BCUT2D eigenvalue weighted by atomic mass is 10.1. The Balaban J connectivity index is 2.48. The second-order valence-electron chi connectivity index (χ2n) is 3.49. The highest BCUT2D eigenvalue weighted by atomic mass is 16.6. The first-order valence-electron chi connectivity index (χ1n) is 4.23. The van der Waals surface area contributed by atoms with Crippen molar-refractivity contribution in [2.45, 2.75) is 18.4 Å². The van der Waals surface area contributed by atoms with Crippen LogP contribution >= 0.6 is 0 Å². The van der Waals surface area contributed by atoms with Crippen LogP contribution in [0.3, 0.4) is 0 Å². The summed E-state index contributed by atoms with van der Waals surface area (Å²) in [6, 6.07) is 3.68. The smallest absolute Gasteiger partial charge is 0.270 e. The van der Waals surface area contributed by atoms with Crippen molar-refractivity contribution >= 4 is 5.69 Å². The summed E-state index contributed by atoms with van der Waals surface area (Å²) in [5.41, 5.74) is -0.902. The number of phenols is 1. The fourth-order valence-electron chi connectivity index (χ4n) is 1.40. The van der Waals surface area contributed by atoms with E-state index in [-0.39, 0.29) is 17.0 Å². The van der Waals surface area contributed by atoms with Gasteiger partial charge in [-0.25, -0.2) is 0 Å². The van der Waals surface area contributed by atoms with Gasteiger partial charge >= 0.3 is 0 Å². The minimum absolute atomic E-state index is 0.0874. The minimum Gasteiger partial charge on any atom is -0.508 e. The van der Waals surface area contributed by atoms with Crippen molar-refractivity contribution in [3.63, 3.8) is 0 Å². The molecule has 0 radical (unpaired) electrons. The number of nitro benzene ring substituents is 1. The number of rotatable bonds is 2. The molecule has 1 aromatic rings. The van der Waals surface area contributed by atoms with Crippen molar-refractivity contribution in [3.8, 4) is 5.75 Å². The molecule has 0 atom stereocenters. The van der Waals surface area contributed by atoms with Crippen LogP contribution in [0.25, 0.3) is 0 Å². The molecule has 5 nitrogen and oxygen atoms in total. The summed E-state index contributed by atoms with van der Waals surface area (Å²) in [4.78, 5) is 9.91. The number of non-ortho nitro benzene ring substituents is 1. The van der Waals surface area contributed by atoms with E-state index < -0.39 is 10.5 Å². The first-order chi connectivity index (χ1) is 6.53. The molecule has 0 bridgehead atoms. The maximum atomic E-state index is 10.5. The Labute approximate surface area is 79.8 Å². The fraction of sp³-hybridized carbons (Fsp3) is 0.333. The van der Waals surface area contributed by atoms with Gasteiger partial charge in [0.25, 0.3) is 5.69 Å². The Morgan fingerprint density at radius 3 is 2.57 bits per heavy atom. The van der Waals surface area contributed by atoms with E-state index in [2.05, 4.69) is 0 Å². The van der Waals surface area contributed by atoms with Crippen LogP contribution in [0.2, 0.25) is 0 Å². The Morgan fingerprint density at radius 1 is 1.43 bits per heavy atom. The summed E-state index contributed by atoms with van der Waals surface area (Å²) in [7, 11) is 0. The second-order valence-corrected chi connectivity index (χ2v) is 3.49. The SMILES string of the molecule is O=[N+]([O-])c1ccc(O)c(C2(O)CC2)c1. The van der Waals surface area contributed by atoms with E-state index in [1.54, 1.807) is 0 Å². The van der Waals surface area contributed by atoms with E-state index in [1.165, 1.54) is 18.2 Å². The maximum Gasteiger partial charge on any atom is 0.270 e. The largest absolute Gasteiger partial charge is 0.508 e. The van der Waals surface area contributed by atoms with Gasteiger partial charge in [0.2, 0.25) is 0 Å². The number of phenolic OH excluding ortho intramolecular Hbond substituents is 1. The number of aliphatic hydroxyl groups is 1. The van der Waals surface area contributed by atoms with E-state index in [1.807, 2.05) is 0 Å². The van der Waals surface area contributed by atoms with Crippen LogP contribution in [0.4, 0.5) is 5.69 Å². The highest BCUT2D eigenvalue weighted by Crippen LogP contribution is 2.49. The monoisotopic (exact) mass is 195 g/mol. The van der Waals surface area contributed by atoms with Gasteiger partial charge in [0, 0.05) is 17.7 Å². The first kappa shape index (κ1) is 8.96. The van der Waals surface area contributed by atoms with Gasteiger partial charge in [-0.3, -0.25) is 10.1 Å². The Kier molecular flexibility index (Phi) is 1.72. The standard InChI is InChI=1S/C9H9NO4/c11-8-2-1-6(10(13)14)5-7(8)9(12)3-4-9/h1-2,5,11-12H,3-4H2. The molecule has 0 saturated heterocycles. The van der Waals surface area contributed by atoms with Crippen molar-refractivity contribution in [2.75, 3.05) is 0 Å². The molecular weight excluding hydrogens is 186 g/mol. The van der Waals surface area contributed by atoms with Crippen LogP contribution in [0, 0.1) is 10.1 Å². The van der Waals surface area contributed by atoms with E-state index in [0.717, 1.165) is 0 Å². The molecule has 2 rings (SSSR count). The molecule has 1 aliphatic carbocycles. The predicted molar refractivity (Wildman–Crippen MR) is 47.9 cm³/mol. The van der Waals surface area contributed by atoms with E-state index in [4.69, 9.17) is 0 Å². The van der Waals surface area contributed by atoms with Crippen LogP contribution in [0.15, 0.2) is 18.2 Å². The van der Waals surface area contributed by atoms with Crippen LogP contribution in [-0.4, -0.2) is 15.1 Å². The average Bonchev–Trinajstić information content (AvgIpc) is 2.85. The zero-order chi connectivity index (χ0) is 10.3. The van der Waals surface area contributed by atoms with Crippen LogP contribution in [0.1, 0.15) is 18.4 Å². The Morgan fingerprint density at radius 2 is 2.07 bits per heavy atom. The molecule has 2 N–H and O–H groups in total. The summed E-state index contributed by atoms with van der Waals surface area (Å²) < 4.78 is 0. The molecule has 0 spiro atoms. The third kappa shape index (κ3) is 1.31. The molecule has 0 heterocycles. The topological polar surface area (TPSA) is 83.6 Å². The van der Waals surface area contributed by atoms with Gasteiger partial charge in [-0.1, -0.05) is 0 Å². The number of nitrogens with zero attached hydrogens (tertiary/aromatic N) is 1. The molecule has 1 aliphatic rings. The molecule has 1 aromatic carbocycles. The summed E-state index contributed by atoms with van der Waals surface area (Å²) in [5.74, 6) is -0.0874. The molecule has 0 aromatic heterocycles. The highest BCUT2D eigenvalue weighted by Gasteiger charge is 2.44. The lowest BCUT2D eigenvalue weighted by molar-refractivity contribution is -0.385. The summed E-state index contributed by atoms with van der Waals surface area (Å²) >= 11 is 0. The quantitative estimate of drug-likeness (QED) is 0.550. The zero-order valence-electron chi connectivity index (χ0n) is 7.30. The summed E-state index contributed by atoms with van der Waals surface area (Å²) in [6.45, 7) is 0. The van der Waals surface area contributed by atoms with Crippen LogP contribution in [-0.2, 0) is 5.60 Å². The number of hydrogen-bond acceptors (Lipinski definition) is 4. The Hall–Kier alpha value is -1.62. The van der Waals surface area contributed by atoms with Gasteiger partial charge in [0.1, 0.15) is 5.75 Å². The van der Waals surface area contributed by atoms with E-state index in [0.29, 0.717) is 12.8 Å². The third-order valence-corrected chi connectivity index (χ3v) is 2.42. The summed E-state index contributed by atoms with van der Waals surface area (Å²) in [5, 5.41) is 29.6. The van der Waals surface area contributed by atoms with Gasteiger partial charge in [-0.2, -0.15) is 0 Å². The van der Waals surface area contributed by atoms with Gasteiger partial charge in [-0.05, 0) is 18.9 Å². The molecular formula is C9H9NO4. The lowest BCUT2D eigenvalue weighted by Gasteiger charge is -2.09. The lowest BCUT2D eigenvalue weighted by Crippen LogP contribution is -2.05. The van der Waals surface area contributed by atoms with Crippen molar-refractivity contribution in [1.82, 2.24) is 0 Å². The van der Waals surface area contributed by atoms with E-state index >= 15 is 0 Å². The molecule has 1 fully saturated rings. The van der Waals surface area contributed by atoms with Crippen molar-refractivity contribution in [3.05, 3.63) is 33.9 Å². The number of aromatic hydroxyl groups is 1. The predicted octanol–water partition coefficient (Wildman–Crippen LogP) is 1.28. The van der Waals surface area contributed by atoms with Gasteiger partial charge in [-0.15, -0.1) is 0 Å². The fourth-order valence-corrected chi connectivity index (χ4v) is 1.40. The highest BCUT2D eigenvalue weighted by molar-refractivity contribution is 5.47. The normalized spacial score (nSPS) is 17.8. The number of hydrogen-bond donors (Lipinski definition) is 2. The summed E-state index contributed by atoms with van der Waals surface area (Å²) in [6.07, 6.45) is 1.09. The van der Waals surface area contributed by atoms with E-state index in [9.17, 15) is 20.3 Å². The van der Waals surface area contributed by atoms with Gasteiger partial charge < -0.3 is 10.2 Å². The second kappa shape index (κ2) is 2.68.